The van der Waals surface area contributed by atoms with Crippen molar-refractivity contribution in [3.63, 3.8) is 0 Å². The zero-order valence-electron chi connectivity index (χ0n) is 16.3. The Bertz CT molecular complexity index is 895. The van der Waals surface area contributed by atoms with Crippen LogP contribution in [0.4, 0.5) is 11.4 Å². The fourth-order valence-corrected chi connectivity index (χ4v) is 3.87. The van der Waals surface area contributed by atoms with Gasteiger partial charge in [-0.15, -0.1) is 0 Å². The number of unbranched alkanes of at least 4 members (excludes halogenated alkanes) is 2. The Balaban J connectivity index is 2.34. The highest BCUT2D eigenvalue weighted by Gasteiger charge is 2.21. The smallest absolute Gasteiger partial charge is 0.337 e. The first-order valence-electron chi connectivity index (χ1n) is 9.04. The number of hydrogen-bond donors (Lipinski definition) is 2. The van der Waals surface area contributed by atoms with Crippen LogP contribution in [0.3, 0.4) is 0 Å². The minimum absolute atomic E-state index is 0.0114. The largest absolute Gasteiger partial charge is 0.497 e. The summed E-state index contributed by atoms with van der Waals surface area (Å²) >= 11 is 0. The van der Waals surface area contributed by atoms with Gasteiger partial charge in [0.1, 0.15) is 10.6 Å². The normalized spacial score (nSPS) is 11.0. The van der Waals surface area contributed by atoms with Crippen LogP contribution >= 0.6 is 0 Å². The molecule has 0 spiro atoms. The highest BCUT2D eigenvalue weighted by molar-refractivity contribution is 7.92. The Morgan fingerprint density at radius 2 is 1.75 bits per heavy atom. The molecule has 0 aliphatic heterocycles. The van der Waals surface area contributed by atoms with Crippen molar-refractivity contribution in [1.29, 1.82) is 0 Å². The van der Waals surface area contributed by atoms with Gasteiger partial charge in [-0.25, -0.2) is 13.2 Å². The van der Waals surface area contributed by atoms with E-state index in [2.05, 4.69) is 17.0 Å². The van der Waals surface area contributed by atoms with E-state index in [1.54, 1.807) is 36.4 Å². The lowest BCUT2D eigenvalue weighted by atomic mass is 10.2. The third-order valence-electron chi connectivity index (χ3n) is 4.13. The first-order valence-corrected chi connectivity index (χ1v) is 10.5. The van der Waals surface area contributed by atoms with Crippen LogP contribution in [0, 0.1) is 0 Å². The summed E-state index contributed by atoms with van der Waals surface area (Å²) < 4.78 is 38.3. The second-order valence-corrected chi connectivity index (χ2v) is 7.82. The van der Waals surface area contributed by atoms with Crippen LogP contribution in [0.15, 0.2) is 47.4 Å². The average Bonchev–Trinajstić information content (AvgIpc) is 2.71. The molecule has 0 heterocycles. The number of sulfonamides is 1. The summed E-state index contributed by atoms with van der Waals surface area (Å²) in [6.45, 7) is 2.73. The van der Waals surface area contributed by atoms with Crippen LogP contribution in [0.5, 0.6) is 5.75 Å². The van der Waals surface area contributed by atoms with E-state index < -0.39 is 16.0 Å². The monoisotopic (exact) mass is 406 g/mol. The molecule has 0 bridgehead atoms. The van der Waals surface area contributed by atoms with Crippen molar-refractivity contribution in [1.82, 2.24) is 0 Å². The number of benzene rings is 2. The molecular weight excluding hydrogens is 380 g/mol. The molecule has 2 N–H and O–H groups in total. The summed E-state index contributed by atoms with van der Waals surface area (Å²) in [4.78, 5) is 11.8. The van der Waals surface area contributed by atoms with Crippen molar-refractivity contribution in [2.45, 2.75) is 31.1 Å². The van der Waals surface area contributed by atoms with E-state index in [1.165, 1.54) is 20.3 Å². The summed E-state index contributed by atoms with van der Waals surface area (Å²) in [5.74, 6) is 0.0207. The van der Waals surface area contributed by atoms with Crippen LogP contribution in [0.25, 0.3) is 0 Å². The second-order valence-electron chi connectivity index (χ2n) is 6.17. The minimum Gasteiger partial charge on any atom is -0.497 e. The molecule has 0 saturated heterocycles. The molecule has 0 unspecified atom stereocenters. The number of hydrogen-bond acceptors (Lipinski definition) is 6. The van der Waals surface area contributed by atoms with E-state index in [1.807, 2.05) is 0 Å². The topological polar surface area (TPSA) is 93.7 Å². The van der Waals surface area contributed by atoms with E-state index >= 15 is 0 Å². The maximum Gasteiger partial charge on any atom is 0.337 e. The Morgan fingerprint density at radius 1 is 1.04 bits per heavy atom. The SMILES string of the molecule is CCCCCNc1ccc(C(=O)OC)cc1S(=O)(=O)Nc1ccc(OC)cc1. The number of methoxy groups -OCH3 is 2. The van der Waals surface area contributed by atoms with Gasteiger partial charge in [0.2, 0.25) is 0 Å². The molecule has 152 valence electrons. The minimum atomic E-state index is -3.93. The number of ether oxygens (including phenoxy) is 2. The highest BCUT2D eigenvalue weighted by atomic mass is 32.2. The van der Waals surface area contributed by atoms with Gasteiger partial charge >= 0.3 is 5.97 Å². The number of carbonyl (C=O) groups is 1. The van der Waals surface area contributed by atoms with Crippen molar-refractivity contribution in [3.05, 3.63) is 48.0 Å². The van der Waals surface area contributed by atoms with Crippen molar-refractivity contribution in [2.24, 2.45) is 0 Å². The number of carbonyl (C=O) groups excluding carboxylic acids is 1. The zero-order valence-corrected chi connectivity index (χ0v) is 17.1. The van der Waals surface area contributed by atoms with Gasteiger partial charge in [-0.2, -0.15) is 0 Å². The van der Waals surface area contributed by atoms with Crippen LogP contribution in [0.1, 0.15) is 36.5 Å². The molecule has 0 aromatic heterocycles. The van der Waals surface area contributed by atoms with Crippen LogP contribution in [-0.2, 0) is 14.8 Å². The van der Waals surface area contributed by atoms with Gasteiger partial charge < -0.3 is 14.8 Å². The van der Waals surface area contributed by atoms with Gasteiger partial charge in [0, 0.05) is 12.2 Å². The van der Waals surface area contributed by atoms with Crippen molar-refractivity contribution in [2.75, 3.05) is 30.8 Å². The Hall–Kier alpha value is -2.74. The third kappa shape index (κ3) is 5.63. The van der Waals surface area contributed by atoms with E-state index in [-0.39, 0.29) is 10.5 Å². The van der Waals surface area contributed by atoms with Crippen LogP contribution < -0.4 is 14.8 Å². The molecular formula is C20H26N2O5S. The lowest BCUT2D eigenvalue weighted by molar-refractivity contribution is 0.0600. The van der Waals surface area contributed by atoms with Crippen LogP contribution in [-0.4, -0.2) is 35.2 Å². The number of rotatable bonds is 10. The van der Waals surface area contributed by atoms with Crippen molar-refractivity contribution < 1.29 is 22.7 Å². The van der Waals surface area contributed by atoms with Gasteiger partial charge in [-0.1, -0.05) is 19.8 Å². The summed E-state index contributed by atoms with van der Waals surface area (Å²) in [6, 6.07) is 11.0. The quantitative estimate of drug-likeness (QED) is 0.459. The fraction of sp³-hybridized carbons (Fsp3) is 0.350. The van der Waals surface area contributed by atoms with E-state index in [0.29, 0.717) is 23.7 Å². The molecule has 0 atom stereocenters. The Labute approximate surface area is 166 Å². The Kier molecular flexibility index (Phi) is 7.69. The fourth-order valence-electron chi connectivity index (χ4n) is 2.60. The van der Waals surface area contributed by atoms with E-state index in [9.17, 15) is 13.2 Å². The molecule has 0 aliphatic rings. The molecule has 0 saturated carbocycles. The van der Waals surface area contributed by atoms with Gasteiger partial charge in [0.25, 0.3) is 10.0 Å². The molecule has 7 nitrogen and oxygen atoms in total. The first-order chi connectivity index (χ1) is 13.4. The van der Waals surface area contributed by atoms with E-state index in [4.69, 9.17) is 9.47 Å². The number of anilines is 2. The zero-order chi connectivity index (χ0) is 20.6. The summed E-state index contributed by atoms with van der Waals surface area (Å²) in [7, 11) is -1.14. The van der Waals surface area contributed by atoms with Gasteiger partial charge in [0.15, 0.2) is 0 Å². The second kappa shape index (κ2) is 9.98. The third-order valence-corrected chi connectivity index (χ3v) is 5.55. The highest BCUT2D eigenvalue weighted by Crippen LogP contribution is 2.26. The molecule has 2 aromatic rings. The molecule has 0 aliphatic carbocycles. The number of nitrogens with one attached hydrogen (secondary N) is 2. The molecule has 8 heteroatoms. The Morgan fingerprint density at radius 3 is 2.36 bits per heavy atom. The first kappa shape index (κ1) is 21.6. The lowest BCUT2D eigenvalue weighted by Crippen LogP contribution is -2.17. The van der Waals surface area contributed by atoms with Gasteiger partial charge in [-0.05, 0) is 48.9 Å². The van der Waals surface area contributed by atoms with Gasteiger partial charge in [0.05, 0.1) is 25.5 Å². The average molecular weight is 407 g/mol. The summed E-state index contributed by atoms with van der Waals surface area (Å²) in [5.41, 5.74) is 0.989. The number of esters is 1. The molecule has 0 amide bonds. The van der Waals surface area contributed by atoms with Crippen molar-refractivity contribution >= 4 is 27.4 Å². The lowest BCUT2D eigenvalue weighted by Gasteiger charge is -2.15. The van der Waals surface area contributed by atoms with Crippen LogP contribution in [0.2, 0.25) is 0 Å². The maximum atomic E-state index is 13.0. The predicted molar refractivity (Wildman–Crippen MR) is 110 cm³/mol. The molecule has 0 radical (unpaired) electrons. The summed E-state index contributed by atoms with van der Waals surface area (Å²) in [6.07, 6.45) is 3.02. The van der Waals surface area contributed by atoms with Crippen molar-refractivity contribution in [3.8, 4) is 5.75 Å². The molecule has 0 fully saturated rings. The molecule has 2 aromatic carbocycles. The van der Waals surface area contributed by atoms with E-state index in [0.717, 1.165) is 19.3 Å². The molecule has 2 rings (SSSR count). The summed E-state index contributed by atoms with van der Waals surface area (Å²) in [5, 5.41) is 3.15. The molecule has 28 heavy (non-hydrogen) atoms. The maximum absolute atomic E-state index is 13.0. The predicted octanol–water partition coefficient (Wildman–Crippen LogP) is 3.88. The standard InChI is InChI=1S/C20H26N2O5S/c1-4-5-6-13-21-18-12-7-15(20(23)27-3)14-19(18)28(24,25)22-16-8-10-17(26-2)11-9-16/h7-12,14,21-22H,4-6,13H2,1-3H3. The van der Waals surface area contributed by atoms with Gasteiger partial charge in [-0.3, -0.25) is 4.72 Å².